The van der Waals surface area contributed by atoms with Crippen molar-refractivity contribution in [2.75, 3.05) is 5.73 Å². The Hall–Kier alpha value is -1.58. The van der Waals surface area contributed by atoms with Gasteiger partial charge in [-0.25, -0.2) is 4.98 Å². The maximum absolute atomic E-state index is 10.6. The van der Waals surface area contributed by atoms with E-state index >= 15 is 0 Å². The third-order valence-electron chi connectivity index (χ3n) is 2.22. The monoisotopic (exact) mass is 208 g/mol. The van der Waals surface area contributed by atoms with Gasteiger partial charge in [0.1, 0.15) is 5.82 Å². The Kier molecular flexibility index (Phi) is 3.29. The van der Waals surface area contributed by atoms with E-state index in [2.05, 4.69) is 4.98 Å². The molecule has 82 valence electrons. The van der Waals surface area contributed by atoms with Gasteiger partial charge in [-0.15, -0.1) is 0 Å². The van der Waals surface area contributed by atoms with Gasteiger partial charge >= 0.3 is 5.97 Å². The molecule has 1 heterocycles. The van der Waals surface area contributed by atoms with Crippen molar-refractivity contribution in [3.63, 3.8) is 0 Å². The highest BCUT2D eigenvalue weighted by atomic mass is 16.4. The Bertz CT molecular complexity index is 361. The minimum atomic E-state index is -0.789. The number of aromatic nitrogens is 1. The Morgan fingerprint density at radius 2 is 2.27 bits per heavy atom. The van der Waals surface area contributed by atoms with Gasteiger partial charge in [-0.2, -0.15) is 0 Å². The van der Waals surface area contributed by atoms with Crippen LogP contribution in [0.1, 0.15) is 25.8 Å². The molecule has 0 fully saturated rings. The largest absolute Gasteiger partial charge is 0.481 e. The lowest BCUT2D eigenvalue weighted by Crippen LogP contribution is -2.20. The van der Waals surface area contributed by atoms with E-state index in [1.807, 2.05) is 26.0 Å². The number of pyridine rings is 1. The number of hydrogen-bond donors (Lipinski definition) is 2. The summed E-state index contributed by atoms with van der Waals surface area (Å²) in [4.78, 5) is 14.6. The first-order valence-corrected chi connectivity index (χ1v) is 4.82. The molecule has 0 aliphatic carbocycles. The lowest BCUT2D eigenvalue weighted by Gasteiger charge is -2.22. The van der Waals surface area contributed by atoms with Crippen LogP contribution < -0.4 is 5.73 Å². The second-order valence-corrected chi connectivity index (χ2v) is 4.46. The zero-order valence-electron chi connectivity index (χ0n) is 9.03. The summed E-state index contributed by atoms with van der Waals surface area (Å²) in [6.45, 7) is 3.82. The van der Waals surface area contributed by atoms with Gasteiger partial charge in [-0.1, -0.05) is 19.9 Å². The third kappa shape index (κ3) is 3.58. The van der Waals surface area contributed by atoms with Crippen molar-refractivity contribution >= 4 is 11.8 Å². The number of nitrogens with two attached hydrogens (primary N) is 1. The van der Waals surface area contributed by atoms with Gasteiger partial charge in [0.15, 0.2) is 0 Å². The second-order valence-electron chi connectivity index (χ2n) is 4.46. The van der Waals surface area contributed by atoms with Crippen LogP contribution in [0, 0.1) is 5.41 Å². The van der Waals surface area contributed by atoms with E-state index in [-0.39, 0.29) is 11.8 Å². The fraction of sp³-hybridized carbons (Fsp3) is 0.455. The van der Waals surface area contributed by atoms with E-state index in [1.165, 1.54) is 0 Å². The number of carboxylic acids is 1. The molecule has 0 aromatic carbocycles. The molecule has 0 bridgehead atoms. The molecule has 0 unspecified atom stereocenters. The highest BCUT2D eigenvalue weighted by Crippen LogP contribution is 2.27. The van der Waals surface area contributed by atoms with Crippen molar-refractivity contribution in [2.45, 2.75) is 26.7 Å². The van der Waals surface area contributed by atoms with E-state index < -0.39 is 5.97 Å². The minimum absolute atomic E-state index is 0.126. The van der Waals surface area contributed by atoms with Crippen LogP contribution >= 0.6 is 0 Å². The smallest absolute Gasteiger partial charge is 0.303 e. The molecule has 0 amide bonds. The number of nitrogen functional groups attached to an aromatic ring is 1. The lowest BCUT2D eigenvalue weighted by molar-refractivity contribution is -0.139. The molecule has 1 aromatic rings. The van der Waals surface area contributed by atoms with Gasteiger partial charge in [-0.3, -0.25) is 4.79 Å². The number of hydrogen-bond acceptors (Lipinski definition) is 3. The number of rotatable bonds is 4. The van der Waals surface area contributed by atoms with Crippen molar-refractivity contribution in [2.24, 2.45) is 5.41 Å². The van der Waals surface area contributed by atoms with Crippen LogP contribution in [0.4, 0.5) is 5.82 Å². The number of anilines is 1. The van der Waals surface area contributed by atoms with E-state index in [0.717, 1.165) is 5.56 Å². The summed E-state index contributed by atoms with van der Waals surface area (Å²) in [7, 11) is 0. The van der Waals surface area contributed by atoms with Gasteiger partial charge in [0.05, 0.1) is 6.42 Å². The highest BCUT2D eigenvalue weighted by Gasteiger charge is 2.23. The normalized spacial score (nSPS) is 11.3. The van der Waals surface area contributed by atoms with Crippen molar-refractivity contribution in [3.8, 4) is 0 Å². The molecule has 0 saturated heterocycles. The number of aliphatic carboxylic acids is 1. The van der Waals surface area contributed by atoms with Crippen LogP contribution in [0.5, 0.6) is 0 Å². The third-order valence-corrected chi connectivity index (χ3v) is 2.22. The highest BCUT2D eigenvalue weighted by molar-refractivity contribution is 5.67. The van der Waals surface area contributed by atoms with Crippen LogP contribution in [0.15, 0.2) is 18.3 Å². The molecule has 3 N–H and O–H groups in total. The molecule has 15 heavy (non-hydrogen) atoms. The molecule has 0 saturated carbocycles. The van der Waals surface area contributed by atoms with Crippen LogP contribution in [-0.2, 0) is 11.2 Å². The first-order chi connectivity index (χ1) is 6.91. The molecule has 4 nitrogen and oxygen atoms in total. The zero-order chi connectivity index (χ0) is 11.5. The number of nitrogens with zero attached hydrogens (tertiary/aromatic N) is 1. The van der Waals surface area contributed by atoms with Gasteiger partial charge in [0.25, 0.3) is 0 Å². The summed E-state index contributed by atoms with van der Waals surface area (Å²) in [6, 6.07) is 3.69. The number of carboxylic acid groups (broad SMARTS) is 1. The average molecular weight is 208 g/mol. The Labute approximate surface area is 89.1 Å². The molecular formula is C11H16N2O2. The fourth-order valence-electron chi connectivity index (χ4n) is 1.59. The molecule has 0 aliphatic rings. The van der Waals surface area contributed by atoms with Crippen molar-refractivity contribution in [3.05, 3.63) is 23.9 Å². The summed E-state index contributed by atoms with van der Waals surface area (Å²) in [5.41, 5.74) is 6.30. The predicted octanol–water partition coefficient (Wildman–Crippen LogP) is 1.71. The molecule has 0 atom stereocenters. The Balaban J connectivity index is 2.77. The molecule has 1 rings (SSSR count). The fourth-order valence-corrected chi connectivity index (χ4v) is 1.59. The Morgan fingerprint density at radius 1 is 1.60 bits per heavy atom. The average Bonchev–Trinajstić information content (AvgIpc) is 2.06. The second kappa shape index (κ2) is 4.29. The van der Waals surface area contributed by atoms with E-state index in [0.29, 0.717) is 12.2 Å². The minimum Gasteiger partial charge on any atom is -0.481 e. The zero-order valence-corrected chi connectivity index (χ0v) is 9.03. The lowest BCUT2D eigenvalue weighted by atomic mass is 9.83. The standard InChI is InChI=1S/C11H16N2O2/c1-11(2,7-9(14)15)6-8-4-3-5-13-10(8)12/h3-5H,6-7H2,1-2H3,(H2,12,13)(H,14,15). The molecule has 0 aliphatic heterocycles. The Morgan fingerprint density at radius 3 is 2.80 bits per heavy atom. The van der Waals surface area contributed by atoms with Gasteiger partial charge in [-0.05, 0) is 23.5 Å². The molecule has 4 heteroatoms. The maximum Gasteiger partial charge on any atom is 0.303 e. The van der Waals surface area contributed by atoms with Gasteiger partial charge in [0, 0.05) is 6.20 Å². The molecule has 0 radical (unpaired) electrons. The van der Waals surface area contributed by atoms with Gasteiger partial charge < -0.3 is 10.8 Å². The van der Waals surface area contributed by atoms with E-state index in [9.17, 15) is 4.79 Å². The van der Waals surface area contributed by atoms with Crippen LogP contribution in [0.2, 0.25) is 0 Å². The SMILES string of the molecule is CC(C)(CC(=O)O)Cc1cccnc1N. The van der Waals surface area contributed by atoms with Crippen molar-refractivity contribution in [1.82, 2.24) is 4.98 Å². The predicted molar refractivity (Wildman–Crippen MR) is 58.4 cm³/mol. The van der Waals surface area contributed by atoms with E-state index in [1.54, 1.807) is 6.20 Å². The molecule has 1 aromatic heterocycles. The first-order valence-electron chi connectivity index (χ1n) is 4.82. The summed E-state index contributed by atoms with van der Waals surface area (Å²) in [5, 5.41) is 8.75. The maximum atomic E-state index is 10.6. The summed E-state index contributed by atoms with van der Waals surface area (Å²) < 4.78 is 0. The van der Waals surface area contributed by atoms with Gasteiger partial charge in [0.2, 0.25) is 0 Å². The van der Waals surface area contributed by atoms with Crippen LogP contribution in [-0.4, -0.2) is 16.1 Å². The number of carbonyl (C=O) groups is 1. The van der Waals surface area contributed by atoms with Crippen LogP contribution in [0.3, 0.4) is 0 Å². The summed E-state index contributed by atoms with van der Waals surface area (Å²) >= 11 is 0. The quantitative estimate of drug-likeness (QED) is 0.789. The molecule has 0 spiro atoms. The van der Waals surface area contributed by atoms with Crippen molar-refractivity contribution < 1.29 is 9.90 Å². The molecular weight excluding hydrogens is 192 g/mol. The topological polar surface area (TPSA) is 76.2 Å². The summed E-state index contributed by atoms with van der Waals surface area (Å²) in [6.07, 6.45) is 2.38. The summed E-state index contributed by atoms with van der Waals surface area (Å²) in [5.74, 6) is -0.307. The van der Waals surface area contributed by atoms with E-state index in [4.69, 9.17) is 10.8 Å². The van der Waals surface area contributed by atoms with Crippen molar-refractivity contribution in [1.29, 1.82) is 0 Å². The first kappa shape index (κ1) is 11.5. The van der Waals surface area contributed by atoms with Crippen LogP contribution in [0.25, 0.3) is 0 Å².